The maximum atomic E-state index is 5.48. The summed E-state index contributed by atoms with van der Waals surface area (Å²) in [6.07, 6.45) is 3.12. The third-order valence-electron chi connectivity index (χ3n) is 5.41. The molecular formula is C23H34N6O. The summed E-state index contributed by atoms with van der Waals surface area (Å²) in [5.74, 6) is 3.11. The summed E-state index contributed by atoms with van der Waals surface area (Å²) in [6, 6.07) is 10.3. The first kappa shape index (κ1) is 21.9. The van der Waals surface area contributed by atoms with E-state index in [0.29, 0.717) is 12.5 Å². The average molecular weight is 411 g/mol. The molecule has 0 amide bonds. The predicted octanol–water partition coefficient (Wildman–Crippen LogP) is 4.38. The van der Waals surface area contributed by atoms with Gasteiger partial charge in [0.2, 0.25) is 0 Å². The molecule has 7 heteroatoms. The molecule has 3 rings (SSSR count). The maximum Gasteiger partial charge on any atom is 0.191 e. The minimum Gasteiger partial charge on any atom is -0.359 e. The van der Waals surface area contributed by atoms with E-state index < -0.39 is 0 Å². The number of aryl methyl sites for hydroxylation is 2. The van der Waals surface area contributed by atoms with Crippen molar-refractivity contribution in [3.05, 3.63) is 47.6 Å². The molecule has 0 atom stereocenters. The molecule has 0 aliphatic carbocycles. The van der Waals surface area contributed by atoms with Crippen molar-refractivity contribution in [2.75, 3.05) is 13.1 Å². The first-order chi connectivity index (χ1) is 14.7. The van der Waals surface area contributed by atoms with Gasteiger partial charge in [-0.3, -0.25) is 0 Å². The molecule has 0 spiro atoms. The summed E-state index contributed by atoms with van der Waals surface area (Å²) >= 11 is 0. The van der Waals surface area contributed by atoms with Gasteiger partial charge in [-0.2, -0.15) is 0 Å². The number of hydrogen-bond donors (Lipinski definition) is 2. The van der Waals surface area contributed by atoms with Crippen molar-refractivity contribution in [3.63, 3.8) is 0 Å². The summed E-state index contributed by atoms with van der Waals surface area (Å²) in [6.45, 7) is 11.5. The van der Waals surface area contributed by atoms with E-state index in [2.05, 4.69) is 76.2 Å². The molecule has 2 heterocycles. The van der Waals surface area contributed by atoms with E-state index >= 15 is 0 Å². The molecular weight excluding hydrogens is 376 g/mol. The Bertz CT molecular complexity index is 954. The van der Waals surface area contributed by atoms with Gasteiger partial charge in [0, 0.05) is 31.6 Å². The molecule has 2 N–H and O–H groups in total. The monoisotopic (exact) mass is 410 g/mol. The lowest BCUT2D eigenvalue weighted by atomic mass is 9.99. The highest BCUT2D eigenvalue weighted by Gasteiger charge is 2.13. The quantitative estimate of drug-likeness (QED) is 0.294. The van der Waals surface area contributed by atoms with Crippen LogP contribution < -0.4 is 10.6 Å². The molecule has 0 unspecified atom stereocenters. The molecule has 0 aliphatic rings. The van der Waals surface area contributed by atoms with Gasteiger partial charge >= 0.3 is 0 Å². The lowest BCUT2D eigenvalue weighted by Crippen LogP contribution is -2.38. The number of nitrogens with one attached hydrogen (secondary N) is 2. The minimum atomic E-state index is 0.459. The Kier molecular flexibility index (Phi) is 7.88. The van der Waals surface area contributed by atoms with Crippen LogP contribution >= 0.6 is 0 Å². The van der Waals surface area contributed by atoms with Crippen LogP contribution in [0.1, 0.15) is 63.2 Å². The molecule has 0 radical (unpaired) electrons. The van der Waals surface area contributed by atoms with Crippen LogP contribution in [-0.4, -0.2) is 33.8 Å². The normalized spacial score (nSPS) is 12.1. The number of nitrogens with zero attached hydrogens (tertiary/aromatic N) is 4. The molecule has 3 aromatic rings. The Balaban J connectivity index is 1.53. The molecule has 162 valence electrons. The standard InChI is InChI=1S/C23H34N6O/c1-5-18(6-2)21-15-19(30-28-21)16-26-23(24-7-3)25-13-10-14-29-17(4)27-20-11-8-9-12-22(20)29/h8-9,11-12,15,18H,5-7,10,13-14,16H2,1-4H3,(H2,24,25,26). The van der Waals surface area contributed by atoms with Crippen LogP contribution in [0.3, 0.4) is 0 Å². The lowest BCUT2D eigenvalue weighted by molar-refractivity contribution is 0.372. The first-order valence-electron chi connectivity index (χ1n) is 11.1. The van der Waals surface area contributed by atoms with Crippen LogP contribution in [0.4, 0.5) is 0 Å². The number of fused-ring (bicyclic) bond motifs is 1. The molecule has 30 heavy (non-hydrogen) atoms. The van der Waals surface area contributed by atoms with Gasteiger partial charge in [0.05, 0.1) is 16.7 Å². The summed E-state index contributed by atoms with van der Waals surface area (Å²) in [4.78, 5) is 9.29. The molecule has 0 saturated carbocycles. The Labute approximate surface area is 179 Å². The van der Waals surface area contributed by atoms with Crippen LogP contribution in [0.15, 0.2) is 39.8 Å². The third kappa shape index (κ3) is 5.40. The van der Waals surface area contributed by atoms with Crippen molar-refractivity contribution in [1.29, 1.82) is 0 Å². The fourth-order valence-corrected chi connectivity index (χ4v) is 3.72. The lowest BCUT2D eigenvalue weighted by Gasteiger charge is -2.12. The van der Waals surface area contributed by atoms with Gasteiger partial charge in [-0.1, -0.05) is 31.1 Å². The van der Waals surface area contributed by atoms with Crippen LogP contribution in [0, 0.1) is 6.92 Å². The van der Waals surface area contributed by atoms with E-state index in [-0.39, 0.29) is 0 Å². The maximum absolute atomic E-state index is 5.48. The molecule has 0 bridgehead atoms. The van der Waals surface area contributed by atoms with Gasteiger partial charge in [-0.05, 0) is 45.2 Å². The number of para-hydroxylation sites is 2. The van der Waals surface area contributed by atoms with Gasteiger partial charge < -0.3 is 19.7 Å². The Morgan fingerprint density at radius 1 is 1.17 bits per heavy atom. The van der Waals surface area contributed by atoms with Crippen LogP contribution in [0.5, 0.6) is 0 Å². The molecule has 0 fully saturated rings. The van der Waals surface area contributed by atoms with E-state index in [1.807, 2.05) is 12.1 Å². The Hall–Kier alpha value is -2.83. The van der Waals surface area contributed by atoms with Gasteiger partial charge in [-0.25, -0.2) is 9.98 Å². The summed E-state index contributed by atoms with van der Waals surface area (Å²) in [7, 11) is 0. The second-order valence-corrected chi connectivity index (χ2v) is 7.51. The highest BCUT2D eigenvalue weighted by molar-refractivity contribution is 5.79. The number of imidazole rings is 1. The van der Waals surface area contributed by atoms with Gasteiger partial charge in [0.25, 0.3) is 0 Å². The van der Waals surface area contributed by atoms with E-state index in [1.54, 1.807) is 0 Å². The highest BCUT2D eigenvalue weighted by Crippen LogP contribution is 2.22. The number of aromatic nitrogens is 3. The van der Waals surface area contributed by atoms with Crippen LogP contribution in [-0.2, 0) is 13.1 Å². The number of benzene rings is 1. The topological polar surface area (TPSA) is 80.3 Å². The third-order valence-corrected chi connectivity index (χ3v) is 5.41. The average Bonchev–Trinajstić information content (AvgIpc) is 3.34. The molecule has 7 nitrogen and oxygen atoms in total. The smallest absolute Gasteiger partial charge is 0.191 e. The first-order valence-corrected chi connectivity index (χ1v) is 11.1. The molecule has 1 aromatic carbocycles. The number of hydrogen-bond acceptors (Lipinski definition) is 4. The number of aliphatic imine (C=N–C) groups is 1. The number of rotatable bonds is 10. The van der Waals surface area contributed by atoms with E-state index in [9.17, 15) is 0 Å². The molecule has 0 aliphatic heterocycles. The largest absolute Gasteiger partial charge is 0.359 e. The summed E-state index contributed by atoms with van der Waals surface area (Å²) in [5, 5.41) is 10.9. The zero-order valence-corrected chi connectivity index (χ0v) is 18.6. The van der Waals surface area contributed by atoms with Crippen LogP contribution in [0.25, 0.3) is 11.0 Å². The summed E-state index contributed by atoms with van der Waals surface area (Å²) < 4.78 is 7.76. The zero-order valence-electron chi connectivity index (χ0n) is 18.6. The second-order valence-electron chi connectivity index (χ2n) is 7.51. The van der Waals surface area contributed by atoms with Crippen molar-refractivity contribution in [3.8, 4) is 0 Å². The predicted molar refractivity (Wildman–Crippen MR) is 122 cm³/mol. The van der Waals surface area contributed by atoms with Crippen LogP contribution in [0.2, 0.25) is 0 Å². The van der Waals surface area contributed by atoms with Gasteiger partial charge in [0.1, 0.15) is 12.4 Å². The SMILES string of the molecule is CCNC(=NCc1cc(C(CC)CC)no1)NCCCn1c(C)nc2ccccc21. The van der Waals surface area contributed by atoms with E-state index in [1.165, 1.54) is 5.52 Å². The van der Waals surface area contributed by atoms with Crippen molar-refractivity contribution >= 4 is 17.0 Å². The Morgan fingerprint density at radius 3 is 2.73 bits per heavy atom. The van der Waals surface area contributed by atoms with Gasteiger partial charge in [0.15, 0.2) is 11.7 Å². The molecule has 2 aromatic heterocycles. The Morgan fingerprint density at radius 2 is 1.97 bits per heavy atom. The molecule has 0 saturated heterocycles. The van der Waals surface area contributed by atoms with Crippen molar-refractivity contribution in [2.45, 2.75) is 66.0 Å². The van der Waals surface area contributed by atoms with E-state index in [4.69, 9.17) is 4.52 Å². The van der Waals surface area contributed by atoms with E-state index in [0.717, 1.165) is 67.7 Å². The van der Waals surface area contributed by atoms with Gasteiger partial charge in [-0.15, -0.1) is 0 Å². The van der Waals surface area contributed by atoms with Crippen molar-refractivity contribution < 1.29 is 4.52 Å². The number of guanidine groups is 1. The minimum absolute atomic E-state index is 0.459. The van der Waals surface area contributed by atoms with Crippen molar-refractivity contribution in [2.24, 2.45) is 4.99 Å². The summed E-state index contributed by atoms with van der Waals surface area (Å²) in [5.41, 5.74) is 3.28. The highest BCUT2D eigenvalue weighted by atomic mass is 16.5. The fraction of sp³-hybridized carbons (Fsp3) is 0.522. The second kappa shape index (κ2) is 10.8. The fourth-order valence-electron chi connectivity index (χ4n) is 3.72. The van der Waals surface area contributed by atoms with Crippen molar-refractivity contribution in [1.82, 2.24) is 25.3 Å². The zero-order chi connectivity index (χ0) is 21.3.